The minimum absolute atomic E-state index is 0.0515. The Kier molecular flexibility index (Phi) is 20.5. The summed E-state index contributed by atoms with van der Waals surface area (Å²) in [7, 11) is 1.55. The van der Waals surface area contributed by atoms with Crippen molar-refractivity contribution in [2.45, 2.75) is 90.1 Å². The molecule has 2 atom stereocenters. The number of phosphoric ester groups is 1. The first-order valence-electron chi connectivity index (χ1n) is 13.1. The van der Waals surface area contributed by atoms with E-state index in [1.165, 1.54) is 25.7 Å². The number of aliphatic hydroxyl groups excluding tert-OH is 1. The molecular formula is C26H51NO7P+. The van der Waals surface area contributed by atoms with E-state index in [1.54, 1.807) is 0 Å². The summed E-state index contributed by atoms with van der Waals surface area (Å²) in [6.45, 7) is 2.07. The number of hydrogen-bond acceptors (Lipinski definition) is 6. The highest BCUT2D eigenvalue weighted by Gasteiger charge is 2.24. The maximum absolute atomic E-state index is 11.8. The third-order valence-electron chi connectivity index (χ3n) is 5.21. The fourth-order valence-corrected chi connectivity index (χ4v) is 3.79. The number of nitrogens with zero attached hydrogens (tertiary/aromatic N) is 1. The van der Waals surface area contributed by atoms with E-state index in [0.29, 0.717) is 17.4 Å². The van der Waals surface area contributed by atoms with Crippen LogP contribution in [0.2, 0.25) is 0 Å². The van der Waals surface area contributed by atoms with Crippen LogP contribution in [0, 0.1) is 0 Å². The molecule has 0 aliphatic rings. The molecule has 0 rings (SSSR count). The molecular weight excluding hydrogens is 469 g/mol. The van der Waals surface area contributed by atoms with Gasteiger partial charge in [-0.15, -0.1) is 0 Å². The first kappa shape index (κ1) is 34.0. The zero-order valence-electron chi connectivity index (χ0n) is 22.5. The second-order valence-electron chi connectivity index (χ2n) is 9.93. The van der Waals surface area contributed by atoms with Crippen molar-refractivity contribution in [1.29, 1.82) is 0 Å². The van der Waals surface area contributed by atoms with Crippen LogP contribution in [0.3, 0.4) is 0 Å². The monoisotopic (exact) mass is 520 g/mol. The molecule has 0 fully saturated rings. The van der Waals surface area contributed by atoms with E-state index in [4.69, 9.17) is 13.8 Å². The normalized spacial score (nSPS) is 15.0. The number of allylic oxidation sites excluding steroid dienone is 4. The number of phosphoric acid groups is 1. The second kappa shape index (κ2) is 21.1. The van der Waals surface area contributed by atoms with Crippen molar-refractivity contribution in [1.82, 2.24) is 0 Å². The molecule has 0 saturated carbocycles. The third-order valence-corrected chi connectivity index (χ3v) is 6.20. The number of carbonyl (C=O) groups excluding carboxylic acids is 1. The molecule has 0 radical (unpaired) electrons. The van der Waals surface area contributed by atoms with Crippen LogP contribution in [0.5, 0.6) is 0 Å². The van der Waals surface area contributed by atoms with Crippen LogP contribution in [-0.4, -0.2) is 74.1 Å². The molecule has 35 heavy (non-hydrogen) atoms. The molecule has 0 saturated heterocycles. The molecule has 0 aliphatic heterocycles. The quantitative estimate of drug-likeness (QED) is 0.0599. The largest absolute Gasteiger partial charge is 0.472 e. The van der Waals surface area contributed by atoms with Gasteiger partial charge in [-0.25, -0.2) is 4.57 Å². The van der Waals surface area contributed by atoms with Crippen LogP contribution in [0.4, 0.5) is 0 Å². The van der Waals surface area contributed by atoms with Crippen molar-refractivity contribution < 1.29 is 37.6 Å². The van der Waals surface area contributed by atoms with Gasteiger partial charge in [0.15, 0.2) is 0 Å². The lowest BCUT2D eigenvalue weighted by Crippen LogP contribution is -2.37. The topological polar surface area (TPSA) is 102 Å². The summed E-state index contributed by atoms with van der Waals surface area (Å²) in [6.07, 6.45) is 20.3. The van der Waals surface area contributed by atoms with Crippen molar-refractivity contribution in [3.8, 4) is 0 Å². The number of aliphatic hydroxyl groups is 1. The number of rotatable bonds is 23. The number of hydrogen-bond donors (Lipinski definition) is 2. The Morgan fingerprint density at radius 2 is 1.49 bits per heavy atom. The lowest BCUT2D eigenvalue weighted by Gasteiger charge is -2.24. The van der Waals surface area contributed by atoms with Crippen LogP contribution >= 0.6 is 7.82 Å². The summed E-state index contributed by atoms with van der Waals surface area (Å²) in [6, 6.07) is 0. The zero-order chi connectivity index (χ0) is 26.4. The average Bonchev–Trinajstić information content (AvgIpc) is 2.78. The fraction of sp³-hybridized carbons (Fsp3) is 0.808. The third kappa shape index (κ3) is 25.9. The van der Waals surface area contributed by atoms with Gasteiger partial charge in [0.25, 0.3) is 0 Å². The first-order chi connectivity index (χ1) is 16.6. The van der Waals surface area contributed by atoms with Crippen LogP contribution in [0.15, 0.2) is 24.3 Å². The molecule has 0 spiro atoms. The lowest BCUT2D eigenvalue weighted by atomic mass is 10.1. The smallest absolute Gasteiger partial charge is 0.463 e. The van der Waals surface area contributed by atoms with E-state index in [2.05, 4.69) is 31.2 Å². The summed E-state index contributed by atoms with van der Waals surface area (Å²) in [5.41, 5.74) is 0. The maximum Gasteiger partial charge on any atom is 0.472 e. The molecule has 0 aliphatic carbocycles. The van der Waals surface area contributed by atoms with Gasteiger partial charge in [-0.3, -0.25) is 13.8 Å². The van der Waals surface area contributed by atoms with Gasteiger partial charge in [0.05, 0.1) is 27.7 Å². The van der Waals surface area contributed by atoms with E-state index in [0.717, 1.165) is 44.9 Å². The van der Waals surface area contributed by atoms with Gasteiger partial charge >= 0.3 is 13.8 Å². The maximum atomic E-state index is 11.8. The molecule has 0 aromatic carbocycles. The van der Waals surface area contributed by atoms with Crippen molar-refractivity contribution >= 4 is 13.8 Å². The summed E-state index contributed by atoms with van der Waals surface area (Å²) in [4.78, 5) is 21.4. The molecule has 0 bridgehead atoms. The fourth-order valence-electron chi connectivity index (χ4n) is 3.04. The Labute approximate surface area is 213 Å². The molecule has 8 nitrogen and oxygen atoms in total. The highest BCUT2D eigenvalue weighted by molar-refractivity contribution is 7.47. The minimum atomic E-state index is -4.24. The number of unbranched alkanes of at least 4 members (excludes halogenated alkanes) is 8. The van der Waals surface area contributed by atoms with Crippen molar-refractivity contribution in [3.63, 3.8) is 0 Å². The van der Waals surface area contributed by atoms with E-state index in [-0.39, 0.29) is 19.2 Å². The summed E-state index contributed by atoms with van der Waals surface area (Å²) >= 11 is 0. The van der Waals surface area contributed by atoms with Gasteiger partial charge in [0.1, 0.15) is 25.9 Å². The molecule has 0 amide bonds. The Morgan fingerprint density at radius 3 is 2.11 bits per heavy atom. The van der Waals surface area contributed by atoms with E-state index < -0.39 is 20.5 Å². The number of likely N-dealkylation sites (N-methyl/N-ethyl adjacent to an activating group) is 1. The van der Waals surface area contributed by atoms with E-state index >= 15 is 0 Å². The van der Waals surface area contributed by atoms with Gasteiger partial charge in [0, 0.05) is 6.42 Å². The van der Waals surface area contributed by atoms with Crippen LogP contribution in [0.1, 0.15) is 84.0 Å². The number of ether oxygens (including phenoxy) is 1. The predicted octanol–water partition coefficient (Wildman–Crippen LogP) is 5.54. The molecule has 0 heterocycles. The lowest BCUT2D eigenvalue weighted by molar-refractivity contribution is -0.870. The first-order valence-corrected chi connectivity index (χ1v) is 14.6. The molecule has 0 aromatic heterocycles. The molecule has 0 aromatic rings. The Morgan fingerprint density at radius 1 is 0.886 bits per heavy atom. The van der Waals surface area contributed by atoms with E-state index in [1.807, 2.05) is 21.1 Å². The van der Waals surface area contributed by atoms with Gasteiger partial charge in [-0.05, 0) is 38.5 Å². The van der Waals surface area contributed by atoms with Crippen molar-refractivity contribution in [2.24, 2.45) is 0 Å². The summed E-state index contributed by atoms with van der Waals surface area (Å²) in [5, 5.41) is 9.82. The average molecular weight is 521 g/mol. The van der Waals surface area contributed by atoms with Crippen LogP contribution in [-0.2, 0) is 23.1 Å². The number of quaternary nitrogens is 1. The highest BCUT2D eigenvalue weighted by Crippen LogP contribution is 2.43. The minimum Gasteiger partial charge on any atom is -0.463 e. The van der Waals surface area contributed by atoms with Crippen LogP contribution < -0.4 is 0 Å². The van der Waals surface area contributed by atoms with Crippen molar-refractivity contribution in [3.05, 3.63) is 24.3 Å². The van der Waals surface area contributed by atoms with Crippen LogP contribution in [0.25, 0.3) is 0 Å². The van der Waals surface area contributed by atoms with Gasteiger partial charge in [0.2, 0.25) is 0 Å². The summed E-state index contributed by atoms with van der Waals surface area (Å²) in [5.74, 6) is -0.388. The Hall–Kier alpha value is -1.02. The van der Waals surface area contributed by atoms with E-state index in [9.17, 15) is 19.4 Å². The molecule has 2 unspecified atom stereocenters. The SMILES string of the molecule is CCCCC/C=C/C/C=C/CCCCCCCC(=O)OCC(O)COP(=O)(O)OCC[N+](C)(C)C. The highest BCUT2D eigenvalue weighted by atomic mass is 31.2. The molecule has 2 N–H and O–H groups in total. The summed E-state index contributed by atoms with van der Waals surface area (Å²) < 4.78 is 27.0. The molecule has 206 valence electrons. The second-order valence-corrected chi connectivity index (χ2v) is 11.4. The number of esters is 1. The standard InChI is InChI=1S/C26H50NO7P/c1-5-6-7-8-9-10-11-12-13-14-15-16-17-18-19-20-26(29)32-23-25(28)24-34-35(30,31)33-22-21-27(2,3)4/h9-10,12-13,25,28H,5-8,11,14-24H2,1-4H3/p+1/b10-9+,13-12+. The van der Waals surface area contributed by atoms with Gasteiger partial charge in [-0.2, -0.15) is 0 Å². The van der Waals surface area contributed by atoms with Crippen molar-refractivity contribution in [2.75, 3.05) is 47.5 Å². The molecule has 9 heteroatoms. The zero-order valence-corrected chi connectivity index (χ0v) is 23.4. The Bertz CT molecular complexity index is 632. The van der Waals surface area contributed by atoms with Gasteiger partial charge < -0.3 is 19.2 Å². The predicted molar refractivity (Wildman–Crippen MR) is 141 cm³/mol. The van der Waals surface area contributed by atoms with Gasteiger partial charge in [-0.1, -0.05) is 63.3 Å². The Balaban J connectivity index is 3.64. The number of carbonyl (C=O) groups is 1.